The molecule has 144 valence electrons. The van der Waals surface area contributed by atoms with Crippen LogP contribution in [0.5, 0.6) is 0 Å². The Morgan fingerprint density at radius 1 is 1.15 bits per heavy atom. The Hall–Kier alpha value is -1.34. The molecule has 1 aromatic carbocycles. The summed E-state index contributed by atoms with van der Waals surface area (Å²) in [5.74, 6) is 0.00685. The van der Waals surface area contributed by atoms with Crippen LogP contribution in [0.1, 0.15) is 12.0 Å². The molecule has 6 nitrogen and oxygen atoms in total. The van der Waals surface area contributed by atoms with Crippen molar-refractivity contribution in [3.8, 4) is 0 Å². The largest absolute Gasteiger partial charge is 0.385 e. The fourth-order valence-electron chi connectivity index (χ4n) is 2.82. The number of hydrogen-bond donors (Lipinski definition) is 1. The Morgan fingerprint density at radius 2 is 1.81 bits per heavy atom. The van der Waals surface area contributed by atoms with Gasteiger partial charge in [0, 0.05) is 56.5 Å². The molecule has 0 spiro atoms. The van der Waals surface area contributed by atoms with Crippen LogP contribution >= 0.6 is 23.2 Å². The van der Waals surface area contributed by atoms with Gasteiger partial charge in [-0.25, -0.2) is 0 Å². The lowest BCUT2D eigenvalue weighted by Gasteiger charge is -2.34. The molecule has 1 saturated heterocycles. The molecule has 1 aliphatic rings. The number of methoxy groups -OCH3 is 1. The van der Waals surface area contributed by atoms with Crippen molar-refractivity contribution in [2.75, 3.05) is 53.0 Å². The highest BCUT2D eigenvalue weighted by Gasteiger charge is 2.23. The first-order chi connectivity index (χ1) is 12.5. The summed E-state index contributed by atoms with van der Waals surface area (Å²) in [6, 6.07) is 5.23. The number of ether oxygens (including phenoxy) is 1. The van der Waals surface area contributed by atoms with E-state index in [4.69, 9.17) is 27.9 Å². The predicted molar refractivity (Wildman–Crippen MR) is 103 cm³/mol. The number of halogens is 2. The first-order valence-electron chi connectivity index (χ1n) is 8.70. The predicted octanol–water partition coefficient (Wildman–Crippen LogP) is 1.83. The molecule has 1 heterocycles. The summed E-state index contributed by atoms with van der Waals surface area (Å²) < 4.78 is 4.95. The molecular weight excluding hydrogens is 377 g/mol. The summed E-state index contributed by atoms with van der Waals surface area (Å²) in [6.07, 6.45) is 0.994. The number of amides is 2. The van der Waals surface area contributed by atoms with E-state index in [1.165, 1.54) is 0 Å². The van der Waals surface area contributed by atoms with Gasteiger partial charge in [0.05, 0.1) is 13.0 Å². The van der Waals surface area contributed by atoms with E-state index >= 15 is 0 Å². The van der Waals surface area contributed by atoms with E-state index in [-0.39, 0.29) is 18.2 Å². The van der Waals surface area contributed by atoms with Gasteiger partial charge in [-0.3, -0.25) is 14.5 Å². The molecule has 0 atom stereocenters. The van der Waals surface area contributed by atoms with Crippen LogP contribution in [0.4, 0.5) is 0 Å². The van der Waals surface area contributed by atoms with E-state index in [0.29, 0.717) is 61.5 Å². The highest BCUT2D eigenvalue weighted by atomic mass is 35.5. The Bertz CT molecular complexity index is 599. The summed E-state index contributed by atoms with van der Waals surface area (Å²) >= 11 is 12.3. The molecule has 0 saturated carbocycles. The zero-order chi connectivity index (χ0) is 18.9. The number of carbonyl (C=O) groups is 2. The average molecular weight is 402 g/mol. The van der Waals surface area contributed by atoms with Gasteiger partial charge < -0.3 is 15.0 Å². The summed E-state index contributed by atoms with van der Waals surface area (Å²) in [5.41, 5.74) is 0.665. The minimum Gasteiger partial charge on any atom is -0.385 e. The summed E-state index contributed by atoms with van der Waals surface area (Å²) in [7, 11) is 1.64. The maximum atomic E-state index is 12.5. The third kappa shape index (κ3) is 6.43. The summed E-state index contributed by atoms with van der Waals surface area (Å²) in [6.45, 7) is 4.14. The second-order valence-corrected chi connectivity index (χ2v) is 7.04. The molecule has 0 bridgehead atoms. The molecule has 0 aromatic heterocycles. The zero-order valence-electron chi connectivity index (χ0n) is 15.0. The molecule has 8 heteroatoms. The van der Waals surface area contributed by atoms with Crippen molar-refractivity contribution in [1.29, 1.82) is 0 Å². The SMILES string of the molecule is COCCCNC(=O)CN1CCN(C(=O)Cc2c(Cl)cccc2Cl)CC1. The van der Waals surface area contributed by atoms with Crippen molar-refractivity contribution in [1.82, 2.24) is 15.1 Å². The smallest absolute Gasteiger partial charge is 0.234 e. The van der Waals surface area contributed by atoms with Crippen molar-refractivity contribution in [2.45, 2.75) is 12.8 Å². The number of piperazine rings is 1. The number of rotatable bonds is 8. The molecule has 1 aliphatic heterocycles. The van der Waals surface area contributed by atoms with Gasteiger partial charge in [0.25, 0.3) is 0 Å². The first-order valence-corrected chi connectivity index (χ1v) is 9.45. The van der Waals surface area contributed by atoms with Crippen molar-refractivity contribution >= 4 is 35.0 Å². The highest BCUT2D eigenvalue weighted by molar-refractivity contribution is 6.36. The number of nitrogens with zero attached hydrogens (tertiary/aromatic N) is 2. The van der Waals surface area contributed by atoms with Crippen LogP contribution < -0.4 is 5.32 Å². The van der Waals surface area contributed by atoms with Crippen LogP contribution in [0.15, 0.2) is 18.2 Å². The van der Waals surface area contributed by atoms with Gasteiger partial charge in [0.1, 0.15) is 0 Å². The molecule has 0 radical (unpaired) electrons. The lowest BCUT2D eigenvalue weighted by molar-refractivity contribution is -0.132. The van der Waals surface area contributed by atoms with E-state index in [0.717, 1.165) is 6.42 Å². The molecule has 1 aromatic rings. The van der Waals surface area contributed by atoms with Crippen LogP contribution in [0, 0.1) is 0 Å². The van der Waals surface area contributed by atoms with E-state index in [2.05, 4.69) is 10.2 Å². The molecule has 1 fully saturated rings. The quantitative estimate of drug-likeness (QED) is 0.675. The van der Waals surface area contributed by atoms with Gasteiger partial charge in [0.2, 0.25) is 11.8 Å². The van der Waals surface area contributed by atoms with E-state index < -0.39 is 0 Å². The highest BCUT2D eigenvalue weighted by Crippen LogP contribution is 2.25. The third-order valence-electron chi connectivity index (χ3n) is 4.33. The Labute approximate surface area is 164 Å². The van der Waals surface area contributed by atoms with Crippen LogP contribution in [0.25, 0.3) is 0 Å². The van der Waals surface area contributed by atoms with E-state index in [9.17, 15) is 9.59 Å². The average Bonchev–Trinajstić information content (AvgIpc) is 2.62. The van der Waals surface area contributed by atoms with Crippen molar-refractivity contribution < 1.29 is 14.3 Å². The standard InChI is InChI=1S/C18H25Cl2N3O3/c1-26-11-3-6-21-17(24)13-22-7-9-23(10-8-22)18(25)12-14-15(19)4-2-5-16(14)20/h2,4-5H,3,6-13H2,1H3,(H,21,24). The van der Waals surface area contributed by atoms with Crippen LogP contribution in [-0.4, -0.2) is 74.6 Å². The lowest BCUT2D eigenvalue weighted by Crippen LogP contribution is -2.51. The monoisotopic (exact) mass is 401 g/mol. The van der Waals surface area contributed by atoms with Crippen molar-refractivity contribution in [3.05, 3.63) is 33.8 Å². The summed E-state index contributed by atoms with van der Waals surface area (Å²) in [4.78, 5) is 28.3. The second kappa shape index (κ2) is 10.7. The normalized spacial score (nSPS) is 15.1. The lowest BCUT2D eigenvalue weighted by atomic mass is 10.1. The Balaban J connectivity index is 1.74. The summed E-state index contributed by atoms with van der Waals surface area (Å²) in [5, 5.41) is 3.89. The number of carbonyl (C=O) groups excluding carboxylic acids is 2. The second-order valence-electron chi connectivity index (χ2n) is 6.23. The molecule has 0 unspecified atom stereocenters. The fraction of sp³-hybridized carbons (Fsp3) is 0.556. The molecule has 1 N–H and O–H groups in total. The molecule has 2 amide bonds. The topological polar surface area (TPSA) is 61.9 Å². The minimum atomic E-state index is 0.00340. The Kier molecular flexibility index (Phi) is 8.65. The van der Waals surface area contributed by atoms with E-state index in [1.54, 1.807) is 30.2 Å². The number of hydrogen-bond acceptors (Lipinski definition) is 4. The molecule has 2 rings (SSSR count). The maximum absolute atomic E-state index is 12.5. The van der Waals surface area contributed by atoms with Crippen LogP contribution in [-0.2, 0) is 20.7 Å². The minimum absolute atomic E-state index is 0.00340. The van der Waals surface area contributed by atoms with Crippen LogP contribution in [0.3, 0.4) is 0 Å². The number of benzene rings is 1. The van der Waals surface area contributed by atoms with Gasteiger partial charge in [-0.15, -0.1) is 0 Å². The van der Waals surface area contributed by atoms with Gasteiger partial charge in [-0.2, -0.15) is 0 Å². The molecule has 0 aliphatic carbocycles. The maximum Gasteiger partial charge on any atom is 0.234 e. The van der Waals surface area contributed by atoms with Crippen LogP contribution in [0.2, 0.25) is 10.0 Å². The van der Waals surface area contributed by atoms with Gasteiger partial charge >= 0.3 is 0 Å². The fourth-order valence-corrected chi connectivity index (χ4v) is 3.35. The zero-order valence-corrected chi connectivity index (χ0v) is 16.5. The van der Waals surface area contributed by atoms with Crippen molar-refractivity contribution in [3.63, 3.8) is 0 Å². The molecular formula is C18H25Cl2N3O3. The number of nitrogens with one attached hydrogen (secondary N) is 1. The van der Waals surface area contributed by atoms with Gasteiger partial charge in [-0.1, -0.05) is 29.3 Å². The van der Waals surface area contributed by atoms with E-state index in [1.807, 2.05) is 0 Å². The van der Waals surface area contributed by atoms with Gasteiger partial charge in [0.15, 0.2) is 0 Å². The first kappa shape index (κ1) is 21.0. The third-order valence-corrected chi connectivity index (χ3v) is 5.04. The van der Waals surface area contributed by atoms with Gasteiger partial charge in [-0.05, 0) is 24.1 Å². The Morgan fingerprint density at radius 3 is 2.42 bits per heavy atom. The van der Waals surface area contributed by atoms with Crippen molar-refractivity contribution in [2.24, 2.45) is 0 Å². The molecule has 26 heavy (non-hydrogen) atoms.